The van der Waals surface area contributed by atoms with Gasteiger partial charge >= 0.3 is 0 Å². The number of hydrogen-bond donors (Lipinski definition) is 3. The summed E-state index contributed by atoms with van der Waals surface area (Å²) in [5, 5.41) is 22.4. The molecule has 0 amide bonds. The third kappa shape index (κ3) is 3.46. The van der Waals surface area contributed by atoms with Gasteiger partial charge in [-0.15, -0.1) is 0 Å². The lowest BCUT2D eigenvalue weighted by Crippen LogP contribution is -2.06. The standard InChI is InChI=1S/C21H19Cl2NO2/c1-11-6-14(22)9-17(20(11)25)19(13-4-3-5-16(24)8-13)18-10-15(23)7-12(2)21(18)26/h3-10,19,25-26H,24H2,1-2H3. The van der Waals surface area contributed by atoms with Crippen LogP contribution >= 0.6 is 23.2 Å². The number of halogens is 2. The minimum absolute atomic E-state index is 0.124. The number of rotatable bonds is 3. The first-order valence-electron chi connectivity index (χ1n) is 8.11. The average Bonchev–Trinajstić information content (AvgIpc) is 2.56. The largest absolute Gasteiger partial charge is 0.507 e. The summed E-state index contributed by atoms with van der Waals surface area (Å²) < 4.78 is 0. The smallest absolute Gasteiger partial charge is 0.122 e. The van der Waals surface area contributed by atoms with Gasteiger partial charge < -0.3 is 15.9 Å². The summed E-state index contributed by atoms with van der Waals surface area (Å²) in [7, 11) is 0. The van der Waals surface area contributed by atoms with Gasteiger partial charge in [-0.3, -0.25) is 0 Å². The molecule has 26 heavy (non-hydrogen) atoms. The Hall–Kier alpha value is -2.36. The van der Waals surface area contributed by atoms with Gasteiger partial charge in [0.1, 0.15) is 11.5 Å². The van der Waals surface area contributed by atoms with E-state index in [1.165, 1.54) is 0 Å². The molecule has 5 heteroatoms. The van der Waals surface area contributed by atoms with Crippen LogP contribution in [0.5, 0.6) is 11.5 Å². The number of aryl methyl sites for hydroxylation is 2. The van der Waals surface area contributed by atoms with E-state index in [1.54, 1.807) is 44.2 Å². The Morgan fingerprint density at radius 3 is 1.77 bits per heavy atom. The van der Waals surface area contributed by atoms with E-state index in [4.69, 9.17) is 28.9 Å². The van der Waals surface area contributed by atoms with Crippen LogP contribution in [-0.4, -0.2) is 10.2 Å². The predicted octanol–water partition coefficient (Wildman–Crippen LogP) is 5.78. The van der Waals surface area contributed by atoms with Crippen LogP contribution in [0.3, 0.4) is 0 Å². The van der Waals surface area contributed by atoms with Gasteiger partial charge in [0.2, 0.25) is 0 Å². The summed E-state index contributed by atoms with van der Waals surface area (Å²) in [6.07, 6.45) is 0. The Morgan fingerprint density at radius 2 is 1.31 bits per heavy atom. The SMILES string of the molecule is Cc1cc(Cl)cc(C(c2cccc(N)c2)c2cc(Cl)cc(C)c2O)c1O. The molecule has 4 N–H and O–H groups in total. The maximum Gasteiger partial charge on any atom is 0.122 e. The van der Waals surface area contributed by atoms with E-state index in [-0.39, 0.29) is 11.5 Å². The van der Waals surface area contributed by atoms with Crippen LogP contribution < -0.4 is 5.73 Å². The molecule has 0 aliphatic rings. The number of phenolic OH excluding ortho intramolecular Hbond substituents is 2. The second kappa shape index (κ2) is 7.10. The second-order valence-corrected chi connectivity index (χ2v) is 7.30. The first-order valence-corrected chi connectivity index (χ1v) is 8.87. The van der Waals surface area contributed by atoms with Gasteiger partial charge in [0, 0.05) is 32.8 Å². The van der Waals surface area contributed by atoms with Crippen molar-refractivity contribution in [3.8, 4) is 11.5 Å². The Morgan fingerprint density at radius 1 is 0.808 bits per heavy atom. The lowest BCUT2D eigenvalue weighted by atomic mass is 9.82. The van der Waals surface area contributed by atoms with Crippen LogP contribution in [0.4, 0.5) is 5.69 Å². The molecule has 0 aliphatic carbocycles. The molecule has 3 aromatic rings. The monoisotopic (exact) mass is 387 g/mol. The van der Waals surface area contributed by atoms with E-state index in [0.717, 1.165) is 5.56 Å². The van der Waals surface area contributed by atoms with Gasteiger partial charge in [0.05, 0.1) is 0 Å². The average molecular weight is 388 g/mol. The van der Waals surface area contributed by atoms with Crippen molar-refractivity contribution in [2.75, 3.05) is 5.73 Å². The molecule has 0 heterocycles. The summed E-state index contributed by atoms with van der Waals surface area (Å²) in [5.74, 6) is -0.231. The summed E-state index contributed by atoms with van der Waals surface area (Å²) in [4.78, 5) is 0. The minimum atomic E-state index is -0.478. The fraction of sp³-hybridized carbons (Fsp3) is 0.143. The number of nitrogen functional groups attached to an aromatic ring is 1. The van der Waals surface area contributed by atoms with Crippen molar-refractivity contribution >= 4 is 28.9 Å². The maximum absolute atomic E-state index is 10.7. The van der Waals surface area contributed by atoms with Gasteiger partial charge in [0.15, 0.2) is 0 Å². The summed E-state index contributed by atoms with van der Waals surface area (Å²) in [6.45, 7) is 3.56. The number of anilines is 1. The second-order valence-electron chi connectivity index (χ2n) is 6.42. The van der Waals surface area contributed by atoms with Crippen LogP contribution in [0.25, 0.3) is 0 Å². The molecule has 134 valence electrons. The molecule has 0 atom stereocenters. The molecule has 0 radical (unpaired) electrons. The zero-order valence-corrected chi connectivity index (χ0v) is 15.9. The fourth-order valence-corrected chi connectivity index (χ4v) is 3.79. The van der Waals surface area contributed by atoms with E-state index in [0.29, 0.717) is 38.0 Å². The normalized spacial score (nSPS) is 11.1. The molecule has 0 saturated heterocycles. The molecule has 0 bridgehead atoms. The van der Waals surface area contributed by atoms with Crippen LogP contribution in [0, 0.1) is 13.8 Å². The van der Waals surface area contributed by atoms with Gasteiger partial charge in [-0.2, -0.15) is 0 Å². The highest BCUT2D eigenvalue weighted by molar-refractivity contribution is 6.31. The molecule has 0 saturated carbocycles. The molecule has 0 spiro atoms. The number of aromatic hydroxyl groups is 2. The lowest BCUT2D eigenvalue weighted by Gasteiger charge is -2.23. The van der Waals surface area contributed by atoms with E-state index >= 15 is 0 Å². The highest BCUT2D eigenvalue weighted by Gasteiger charge is 2.25. The summed E-state index contributed by atoms with van der Waals surface area (Å²) in [5.41, 5.74) is 9.84. The van der Waals surface area contributed by atoms with Crippen molar-refractivity contribution in [2.24, 2.45) is 0 Å². The van der Waals surface area contributed by atoms with Crippen molar-refractivity contribution in [1.29, 1.82) is 0 Å². The third-order valence-corrected chi connectivity index (χ3v) is 4.89. The number of hydrogen-bond acceptors (Lipinski definition) is 3. The Labute approximate surface area is 162 Å². The quantitative estimate of drug-likeness (QED) is 0.393. The molecule has 3 rings (SSSR count). The summed E-state index contributed by atoms with van der Waals surface area (Å²) >= 11 is 12.5. The van der Waals surface area contributed by atoms with Crippen molar-refractivity contribution in [3.63, 3.8) is 0 Å². The molecule has 0 unspecified atom stereocenters. The Kier molecular flexibility index (Phi) is 5.03. The van der Waals surface area contributed by atoms with Crippen molar-refractivity contribution < 1.29 is 10.2 Å². The number of phenols is 2. The van der Waals surface area contributed by atoms with E-state index in [9.17, 15) is 10.2 Å². The maximum atomic E-state index is 10.7. The fourth-order valence-electron chi connectivity index (χ4n) is 3.23. The highest BCUT2D eigenvalue weighted by atomic mass is 35.5. The van der Waals surface area contributed by atoms with E-state index in [1.807, 2.05) is 18.2 Å². The van der Waals surface area contributed by atoms with Crippen LogP contribution in [0.1, 0.15) is 33.7 Å². The zero-order valence-electron chi connectivity index (χ0n) is 14.4. The highest BCUT2D eigenvalue weighted by Crippen LogP contribution is 2.44. The van der Waals surface area contributed by atoms with Crippen molar-refractivity contribution in [1.82, 2.24) is 0 Å². The Bertz CT molecular complexity index is 928. The Balaban J connectivity index is 2.36. The molecule has 0 aromatic heterocycles. The van der Waals surface area contributed by atoms with Gasteiger partial charge in [-0.05, 0) is 66.9 Å². The molecule has 3 nitrogen and oxygen atoms in total. The minimum Gasteiger partial charge on any atom is -0.507 e. The van der Waals surface area contributed by atoms with Gasteiger partial charge in [-0.25, -0.2) is 0 Å². The summed E-state index contributed by atoms with van der Waals surface area (Å²) in [6, 6.07) is 14.1. The molecular formula is C21H19Cl2NO2. The first-order chi connectivity index (χ1) is 12.3. The van der Waals surface area contributed by atoms with Gasteiger partial charge in [-0.1, -0.05) is 35.3 Å². The predicted molar refractivity (Wildman–Crippen MR) is 108 cm³/mol. The number of benzene rings is 3. The van der Waals surface area contributed by atoms with E-state index < -0.39 is 5.92 Å². The van der Waals surface area contributed by atoms with Crippen LogP contribution in [0.2, 0.25) is 10.0 Å². The molecular weight excluding hydrogens is 369 g/mol. The van der Waals surface area contributed by atoms with Gasteiger partial charge in [0.25, 0.3) is 0 Å². The van der Waals surface area contributed by atoms with Crippen LogP contribution in [0.15, 0.2) is 48.5 Å². The lowest BCUT2D eigenvalue weighted by molar-refractivity contribution is 0.454. The molecule has 0 aliphatic heterocycles. The first kappa shape index (κ1) is 18.4. The number of nitrogens with two attached hydrogens (primary N) is 1. The molecule has 3 aromatic carbocycles. The third-order valence-electron chi connectivity index (χ3n) is 4.46. The van der Waals surface area contributed by atoms with Crippen molar-refractivity contribution in [3.05, 3.63) is 86.4 Å². The van der Waals surface area contributed by atoms with Crippen LogP contribution in [-0.2, 0) is 0 Å². The molecule has 0 fully saturated rings. The van der Waals surface area contributed by atoms with Crippen molar-refractivity contribution in [2.45, 2.75) is 19.8 Å². The van der Waals surface area contributed by atoms with E-state index in [2.05, 4.69) is 0 Å². The zero-order chi connectivity index (χ0) is 19.0. The topological polar surface area (TPSA) is 66.5 Å².